The number of ketones is 1. The number of aromatic hydroxyl groups is 1. The Morgan fingerprint density at radius 1 is 0.806 bits per heavy atom. The Morgan fingerprint density at radius 2 is 1.39 bits per heavy atom. The molecule has 160 valence electrons. The van der Waals surface area contributed by atoms with Crippen LogP contribution in [0.3, 0.4) is 0 Å². The van der Waals surface area contributed by atoms with Gasteiger partial charge in [-0.3, -0.25) is 4.79 Å². The quantitative estimate of drug-likeness (QED) is 0.426. The first-order valence-electron chi connectivity index (χ1n) is 10.6. The molecule has 0 aliphatic heterocycles. The minimum atomic E-state index is -0.392. The molecule has 0 heterocycles. The van der Waals surface area contributed by atoms with Crippen LogP contribution in [-0.2, 0) is 15.6 Å². The van der Waals surface area contributed by atoms with Crippen LogP contribution < -0.4 is 0 Å². The Kier molecular flexibility index (Phi) is 4.92. The van der Waals surface area contributed by atoms with Crippen molar-refractivity contribution in [1.29, 1.82) is 0 Å². The third-order valence-electron chi connectivity index (χ3n) is 6.68. The van der Waals surface area contributed by atoms with Gasteiger partial charge in [0.25, 0.3) is 0 Å². The molecule has 31 heavy (non-hydrogen) atoms. The van der Waals surface area contributed by atoms with E-state index in [9.17, 15) is 14.7 Å². The number of phenolic OH excluding ortho intramolecular Hbond substituents is 1. The third-order valence-corrected chi connectivity index (χ3v) is 6.68. The molecule has 4 rings (SSSR count). The number of esters is 1. The number of hydrogen-bond acceptors (Lipinski definition) is 4. The van der Waals surface area contributed by atoms with E-state index in [1.807, 2.05) is 24.3 Å². The van der Waals surface area contributed by atoms with Gasteiger partial charge in [-0.05, 0) is 70.3 Å². The molecule has 0 radical (unpaired) electrons. The van der Waals surface area contributed by atoms with Crippen molar-refractivity contribution >= 4 is 22.5 Å². The van der Waals surface area contributed by atoms with Gasteiger partial charge < -0.3 is 9.84 Å². The van der Waals surface area contributed by atoms with Gasteiger partial charge in [-0.15, -0.1) is 0 Å². The van der Waals surface area contributed by atoms with Crippen LogP contribution in [0.2, 0.25) is 0 Å². The number of methoxy groups -OCH3 is 1. The van der Waals surface area contributed by atoms with E-state index in [0.717, 1.165) is 34.7 Å². The van der Waals surface area contributed by atoms with Gasteiger partial charge in [0.2, 0.25) is 0 Å². The number of benzene rings is 3. The molecule has 1 N–H and O–H groups in total. The lowest BCUT2D eigenvalue weighted by Crippen LogP contribution is -2.34. The van der Waals surface area contributed by atoms with E-state index in [1.165, 1.54) is 7.11 Å². The van der Waals surface area contributed by atoms with Gasteiger partial charge in [-0.2, -0.15) is 0 Å². The summed E-state index contributed by atoms with van der Waals surface area (Å²) >= 11 is 0. The van der Waals surface area contributed by atoms with Gasteiger partial charge >= 0.3 is 5.97 Å². The molecule has 1 aliphatic carbocycles. The highest BCUT2D eigenvalue weighted by molar-refractivity contribution is 6.11. The molecule has 0 saturated carbocycles. The van der Waals surface area contributed by atoms with E-state index in [0.29, 0.717) is 16.7 Å². The highest BCUT2D eigenvalue weighted by Gasteiger charge is 2.39. The average molecular weight is 417 g/mol. The molecular weight excluding hydrogens is 388 g/mol. The summed E-state index contributed by atoms with van der Waals surface area (Å²) in [5.41, 5.74) is 3.28. The van der Waals surface area contributed by atoms with Crippen molar-refractivity contribution in [1.82, 2.24) is 0 Å². The van der Waals surface area contributed by atoms with Crippen LogP contribution in [0.4, 0.5) is 0 Å². The Balaban J connectivity index is 1.77. The summed E-state index contributed by atoms with van der Waals surface area (Å²) in [5, 5.41) is 12.6. The Morgan fingerprint density at radius 3 is 2.03 bits per heavy atom. The van der Waals surface area contributed by atoms with E-state index < -0.39 is 5.97 Å². The summed E-state index contributed by atoms with van der Waals surface area (Å²) in [5.74, 6) is -0.324. The van der Waals surface area contributed by atoms with Crippen LogP contribution in [-0.4, -0.2) is 24.0 Å². The summed E-state index contributed by atoms with van der Waals surface area (Å²) in [6.07, 6.45) is 1.99. The lowest BCUT2D eigenvalue weighted by Gasteiger charge is -2.42. The zero-order valence-electron chi connectivity index (χ0n) is 18.7. The molecule has 4 heteroatoms. The van der Waals surface area contributed by atoms with Gasteiger partial charge in [-0.1, -0.05) is 45.9 Å². The van der Waals surface area contributed by atoms with Gasteiger partial charge in [0.1, 0.15) is 5.75 Å². The van der Waals surface area contributed by atoms with Crippen LogP contribution in [0.5, 0.6) is 5.75 Å². The Bertz CT molecular complexity index is 1220. The molecule has 0 bridgehead atoms. The van der Waals surface area contributed by atoms with Crippen molar-refractivity contribution in [3.05, 3.63) is 76.3 Å². The maximum Gasteiger partial charge on any atom is 0.337 e. The molecule has 0 fully saturated rings. The molecule has 0 atom stereocenters. The molecule has 4 nitrogen and oxygen atoms in total. The van der Waals surface area contributed by atoms with Crippen molar-refractivity contribution in [3.8, 4) is 5.75 Å². The van der Waals surface area contributed by atoms with Crippen molar-refractivity contribution in [3.63, 3.8) is 0 Å². The van der Waals surface area contributed by atoms with E-state index in [2.05, 4.69) is 27.7 Å². The minimum absolute atomic E-state index is 0.105. The van der Waals surface area contributed by atoms with Crippen molar-refractivity contribution in [2.24, 2.45) is 0 Å². The monoisotopic (exact) mass is 416 g/mol. The first kappa shape index (κ1) is 21.1. The van der Waals surface area contributed by atoms with Gasteiger partial charge in [0, 0.05) is 16.7 Å². The number of ether oxygens (including phenoxy) is 1. The van der Waals surface area contributed by atoms with Crippen LogP contribution in [0.1, 0.15) is 77.9 Å². The Hall–Kier alpha value is -3.14. The molecule has 0 unspecified atom stereocenters. The molecule has 1 aliphatic rings. The van der Waals surface area contributed by atoms with E-state index >= 15 is 0 Å². The number of rotatable bonds is 3. The SMILES string of the molecule is COC(=O)c1ccc2cc(C(=O)c3cc(O)c4c(c3)C(C)(C)CCC4(C)C)ccc2c1. The zero-order chi connectivity index (χ0) is 22.6. The van der Waals surface area contributed by atoms with Crippen LogP contribution >= 0.6 is 0 Å². The van der Waals surface area contributed by atoms with Crippen LogP contribution in [0, 0.1) is 0 Å². The first-order valence-corrected chi connectivity index (χ1v) is 10.6. The second-order valence-electron chi connectivity index (χ2n) is 9.78. The average Bonchev–Trinajstić information content (AvgIpc) is 2.74. The van der Waals surface area contributed by atoms with Crippen LogP contribution in [0.15, 0.2) is 48.5 Å². The molecule has 0 amide bonds. The molecule has 3 aromatic carbocycles. The molecule has 0 spiro atoms. The minimum Gasteiger partial charge on any atom is -0.508 e. The lowest BCUT2D eigenvalue weighted by molar-refractivity contribution is 0.0600. The van der Waals surface area contributed by atoms with E-state index in [1.54, 1.807) is 24.3 Å². The standard InChI is InChI=1S/C27H28O4/c1-26(2)10-11-27(3,4)23-21(26)14-20(15-22(23)28)24(29)18-8-6-17-13-19(25(30)31-5)9-7-16(17)12-18/h6-9,12-15,28H,10-11H2,1-5H3. The fourth-order valence-corrected chi connectivity index (χ4v) is 4.69. The Labute approximate surface area is 182 Å². The van der Waals surface area contributed by atoms with Gasteiger partial charge in [-0.25, -0.2) is 4.79 Å². The predicted molar refractivity (Wildman–Crippen MR) is 122 cm³/mol. The van der Waals surface area contributed by atoms with E-state index in [4.69, 9.17) is 4.74 Å². The number of carbonyl (C=O) groups is 2. The fraction of sp³-hybridized carbons (Fsp3) is 0.333. The van der Waals surface area contributed by atoms with Crippen molar-refractivity contribution in [2.45, 2.75) is 51.4 Å². The summed E-state index contributed by atoms with van der Waals surface area (Å²) in [6, 6.07) is 14.2. The second-order valence-corrected chi connectivity index (χ2v) is 9.78. The molecule has 3 aromatic rings. The lowest BCUT2D eigenvalue weighted by atomic mass is 9.62. The van der Waals surface area contributed by atoms with Gasteiger partial charge in [0.05, 0.1) is 12.7 Å². The van der Waals surface area contributed by atoms with E-state index in [-0.39, 0.29) is 22.4 Å². The number of hydrogen-bond donors (Lipinski definition) is 1. The highest BCUT2D eigenvalue weighted by atomic mass is 16.5. The topological polar surface area (TPSA) is 63.6 Å². The highest BCUT2D eigenvalue weighted by Crippen LogP contribution is 2.49. The molecular formula is C27H28O4. The molecule has 0 aromatic heterocycles. The van der Waals surface area contributed by atoms with Gasteiger partial charge in [0.15, 0.2) is 5.78 Å². The summed E-state index contributed by atoms with van der Waals surface area (Å²) in [4.78, 5) is 25.1. The normalized spacial score (nSPS) is 16.5. The summed E-state index contributed by atoms with van der Waals surface area (Å²) in [7, 11) is 1.35. The molecule has 0 saturated heterocycles. The third kappa shape index (κ3) is 3.60. The fourth-order valence-electron chi connectivity index (χ4n) is 4.69. The van der Waals surface area contributed by atoms with Crippen LogP contribution in [0.25, 0.3) is 10.8 Å². The van der Waals surface area contributed by atoms with Crippen molar-refractivity contribution < 1.29 is 19.4 Å². The summed E-state index contributed by atoms with van der Waals surface area (Å²) < 4.78 is 4.78. The second kappa shape index (κ2) is 7.23. The maximum absolute atomic E-state index is 13.3. The maximum atomic E-state index is 13.3. The first-order chi connectivity index (χ1) is 14.5. The zero-order valence-corrected chi connectivity index (χ0v) is 18.7. The van der Waals surface area contributed by atoms with Crippen molar-refractivity contribution in [2.75, 3.05) is 7.11 Å². The number of fused-ring (bicyclic) bond motifs is 2. The number of carbonyl (C=O) groups excluding carboxylic acids is 2. The number of phenols is 1. The largest absolute Gasteiger partial charge is 0.508 e. The smallest absolute Gasteiger partial charge is 0.337 e. The summed E-state index contributed by atoms with van der Waals surface area (Å²) in [6.45, 7) is 8.63. The predicted octanol–water partition coefficient (Wildman–Crippen LogP) is 5.91.